The number of hydrogen-bond acceptors (Lipinski definition) is 4. The Morgan fingerprint density at radius 2 is 1.80 bits per heavy atom. The molecule has 2 aliphatic rings. The predicted molar refractivity (Wildman–Crippen MR) is 96.9 cm³/mol. The van der Waals surface area contributed by atoms with Crippen LogP contribution in [0, 0.1) is 0 Å². The number of carbonyl (C=O) groups is 2. The molecule has 0 radical (unpaired) electrons. The first kappa shape index (κ1) is 17.9. The normalized spacial score (nSPS) is 20.0. The predicted octanol–water partition coefficient (Wildman–Crippen LogP) is 0.588. The molecule has 1 saturated carbocycles. The lowest BCUT2D eigenvalue weighted by atomic mass is 10.2. The second-order valence-corrected chi connectivity index (χ2v) is 7.03. The zero-order valence-electron chi connectivity index (χ0n) is 14.9. The maximum Gasteiger partial charge on any atom is 0.237 e. The molecule has 6 nitrogen and oxygen atoms in total. The number of rotatable bonds is 7. The molecule has 1 saturated heterocycles. The van der Waals surface area contributed by atoms with Crippen molar-refractivity contribution in [3.8, 4) is 0 Å². The summed E-state index contributed by atoms with van der Waals surface area (Å²) in [6.07, 6.45) is 2.24. The van der Waals surface area contributed by atoms with Crippen molar-refractivity contribution >= 4 is 11.8 Å². The average Bonchev–Trinajstić information content (AvgIpc) is 3.44. The fourth-order valence-corrected chi connectivity index (χ4v) is 3.11. The van der Waals surface area contributed by atoms with Crippen LogP contribution in [0.3, 0.4) is 0 Å². The largest absolute Gasteiger partial charge is 0.352 e. The maximum atomic E-state index is 12.4. The third-order valence-electron chi connectivity index (χ3n) is 4.95. The number of piperazine rings is 1. The Bertz CT molecular complexity index is 580. The van der Waals surface area contributed by atoms with E-state index in [-0.39, 0.29) is 17.9 Å². The Morgan fingerprint density at radius 3 is 2.44 bits per heavy atom. The monoisotopic (exact) mass is 344 g/mol. The molecule has 1 aromatic carbocycles. The summed E-state index contributed by atoms with van der Waals surface area (Å²) >= 11 is 0. The van der Waals surface area contributed by atoms with Crippen molar-refractivity contribution in [1.29, 1.82) is 0 Å². The van der Waals surface area contributed by atoms with Crippen LogP contribution in [0.4, 0.5) is 0 Å². The van der Waals surface area contributed by atoms with E-state index in [1.165, 1.54) is 0 Å². The number of nitrogens with one attached hydrogen (secondary N) is 2. The van der Waals surface area contributed by atoms with Gasteiger partial charge in [-0.05, 0) is 25.3 Å². The van der Waals surface area contributed by atoms with Gasteiger partial charge >= 0.3 is 0 Å². The van der Waals surface area contributed by atoms with E-state index in [4.69, 9.17) is 0 Å². The van der Waals surface area contributed by atoms with E-state index < -0.39 is 0 Å². The molecular weight excluding hydrogens is 316 g/mol. The highest BCUT2D eigenvalue weighted by Gasteiger charge is 2.28. The van der Waals surface area contributed by atoms with Gasteiger partial charge in [0.25, 0.3) is 0 Å². The minimum Gasteiger partial charge on any atom is -0.352 e. The maximum absolute atomic E-state index is 12.4. The number of carbonyl (C=O) groups excluding carboxylic acids is 2. The summed E-state index contributed by atoms with van der Waals surface area (Å²) in [5.41, 5.74) is 1.11. The molecule has 0 spiro atoms. The van der Waals surface area contributed by atoms with Crippen LogP contribution in [0.5, 0.6) is 0 Å². The van der Waals surface area contributed by atoms with Gasteiger partial charge < -0.3 is 10.6 Å². The van der Waals surface area contributed by atoms with Gasteiger partial charge in [0, 0.05) is 38.8 Å². The van der Waals surface area contributed by atoms with E-state index in [2.05, 4.69) is 20.4 Å². The number of amides is 2. The van der Waals surface area contributed by atoms with Crippen LogP contribution >= 0.6 is 0 Å². The molecule has 25 heavy (non-hydrogen) atoms. The van der Waals surface area contributed by atoms with Gasteiger partial charge in [-0.3, -0.25) is 19.4 Å². The van der Waals surface area contributed by atoms with Crippen molar-refractivity contribution in [1.82, 2.24) is 20.4 Å². The lowest BCUT2D eigenvalue weighted by Crippen LogP contribution is -2.55. The molecule has 1 aliphatic heterocycles. The van der Waals surface area contributed by atoms with Gasteiger partial charge in [0.15, 0.2) is 0 Å². The van der Waals surface area contributed by atoms with Crippen molar-refractivity contribution < 1.29 is 9.59 Å². The highest BCUT2D eigenvalue weighted by Crippen LogP contribution is 2.18. The Labute approximate surface area is 149 Å². The SMILES string of the molecule is CC(C(=O)NCc1ccccc1)N1CCN(CC(=O)NC2CC2)CC1. The molecule has 2 fully saturated rings. The zero-order valence-corrected chi connectivity index (χ0v) is 14.9. The van der Waals surface area contributed by atoms with E-state index in [1.54, 1.807) is 0 Å². The molecule has 2 amide bonds. The molecule has 3 rings (SSSR count). The second-order valence-electron chi connectivity index (χ2n) is 7.03. The quantitative estimate of drug-likeness (QED) is 0.760. The molecule has 2 N–H and O–H groups in total. The minimum absolute atomic E-state index is 0.0591. The van der Waals surface area contributed by atoms with Crippen LogP contribution in [0.25, 0.3) is 0 Å². The van der Waals surface area contributed by atoms with E-state index in [1.807, 2.05) is 37.3 Å². The van der Waals surface area contributed by atoms with Gasteiger partial charge in [-0.15, -0.1) is 0 Å². The highest BCUT2D eigenvalue weighted by atomic mass is 16.2. The molecule has 1 aliphatic carbocycles. The molecule has 6 heteroatoms. The first-order chi connectivity index (χ1) is 12.1. The number of benzene rings is 1. The number of hydrogen-bond donors (Lipinski definition) is 2. The summed E-state index contributed by atoms with van der Waals surface area (Å²) in [6, 6.07) is 10.2. The highest BCUT2D eigenvalue weighted by molar-refractivity contribution is 5.81. The van der Waals surface area contributed by atoms with Gasteiger partial charge in [0.05, 0.1) is 12.6 Å². The third kappa shape index (κ3) is 5.54. The van der Waals surface area contributed by atoms with Crippen LogP contribution in [-0.2, 0) is 16.1 Å². The summed E-state index contributed by atoms with van der Waals surface area (Å²) in [4.78, 5) is 28.6. The Morgan fingerprint density at radius 1 is 1.12 bits per heavy atom. The van der Waals surface area contributed by atoms with Crippen LogP contribution in [-0.4, -0.2) is 66.4 Å². The zero-order chi connectivity index (χ0) is 17.6. The Balaban J connectivity index is 1.37. The van der Waals surface area contributed by atoms with Gasteiger partial charge in [-0.2, -0.15) is 0 Å². The van der Waals surface area contributed by atoms with E-state index in [0.29, 0.717) is 19.1 Å². The van der Waals surface area contributed by atoms with Crippen LogP contribution in [0.15, 0.2) is 30.3 Å². The smallest absolute Gasteiger partial charge is 0.237 e. The molecular formula is C19H28N4O2. The summed E-state index contributed by atoms with van der Waals surface area (Å²) < 4.78 is 0. The first-order valence-electron chi connectivity index (χ1n) is 9.19. The molecule has 1 atom stereocenters. The second kappa shape index (κ2) is 8.45. The van der Waals surface area contributed by atoms with Crippen molar-refractivity contribution in [3.05, 3.63) is 35.9 Å². The van der Waals surface area contributed by atoms with E-state index in [9.17, 15) is 9.59 Å². The molecule has 136 valence electrons. The van der Waals surface area contributed by atoms with Crippen molar-refractivity contribution in [2.45, 2.75) is 38.4 Å². The summed E-state index contributed by atoms with van der Waals surface area (Å²) in [7, 11) is 0. The summed E-state index contributed by atoms with van der Waals surface area (Å²) in [5.74, 6) is 0.188. The van der Waals surface area contributed by atoms with Gasteiger partial charge in [0.2, 0.25) is 11.8 Å². The Kier molecular flexibility index (Phi) is 6.04. The molecule has 0 aromatic heterocycles. The molecule has 0 bridgehead atoms. The van der Waals surface area contributed by atoms with Gasteiger partial charge in [0.1, 0.15) is 0 Å². The lowest BCUT2D eigenvalue weighted by molar-refractivity contribution is -0.128. The summed E-state index contributed by atoms with van der Waals surface area (Å²) in [5, 5.41) is 6.04. The van der Waals surface area contributed by atoms with E-state index in [0.717, 1.165) is 44.6 Å². The van der Waals surface area contributed by atoms with Crippen molar-refractivity contribution in [2.75, 3.05) is 32.7 Å². The third-order valence-corrected chi connectivity index (χ3v) is 4.95. The minimum atomic E-state index is -0.147. The first-order valence-corrected chi connectivity index (χ1v) is 9.19. The van der Waals surface area contributed by atoms with E-state index >= 15 is 0 Å². The molecule has 1 aromatic rings. The number of nitrogens with zero attached hydrogens (tertiary/aromatic N) is 2. The molecule has 1 unspecified atom stereocenters. The topological polar surface area (TPSA) is 64.7 Å². The van der Waals surface area contributed by atoms with Crippen molar-refractivity contribution in [3.63, 3.8) is 0 Å². The van der Waals surface area contributed by atoms with Gasteiger partial charge in [-0.1, -0.05) is 30.3 Å². The fraction of sp³-hybridized carbons (Fsp3) is 0.579. The van der Waals surface area contributed by atoms with Crippen molar-refractivity contribution in [2.24, 2.45) is 0 Å². The summed E-state index contributed by atoms with van der Waals surface area (Å²) in [6.45, 7) is 6.27. The average molecular weight is 344 g/mol. The fourth-order valence-electron chi connectivity index (χ4n) is 3.11. The van der Waals surface area contributed by atoms with Crippen LogP contribution in [0.2, 0.25) is 0 Å². The van der Waals surface area contributed by atoms with Gasteiger partial charge in [-0.25, -0.2) is 0 Å². The standard InChI is InChI=1S/C19H28N4O2/c1-15(19(25)20-13-16-5-3-2-4-6-16)23-11-9-22(10-12-23)14-18(24)21-17-7-8-17/h2-6,15,17H,7-14H2,1H3,(H,20,25)(H,21,24). The van der Waals surface area contributed by atoms with Crippen LogP contribution in [0.1, 0.15) is 25.3 Å². The lowest BCUT2D eigenvalue weighted by Gasteiger charge is -2.37. The molecule has 1 heterocycles. The Hall–Kier alpha value is -1.92. The van der Waals surface area contributed by atoms with Crippen LogP contribution < -0.4 is 10.6 Å².